The first-order valence-corrected chi connectivity index (χ1v) is 9.41. The summed E-state index contributed by atoms with van der Waals surface area (Å²) in [6.07, 6.45) is 0. The van der Waals surface area contributed by atoms with Gasteiger partial charge in [0, 0.05) is 35.5 Å². The van der Waals surface area contributed by atoms with Gasteiger partial charge in [-0.25, -0.2) is 8.78 Å². The molecule has 3 aromatic carbocycles. The highest BCUT2D eigenvalue weighted by Crippen LogP contribution is 2.12. The smallest absolute Gasteiger partial charge is 0.255 e. The van der Waals surface area contributed by atoms with Crippen LogP contribution >= 0.6 is 0 Å². The summed E-state index contributed by atoms with van der Waals surface area (Å²) < 4.78 is 25.8. The zero-order chi connectivity index (χ0) is 22.2. The van der Waals surface area contributed by atoms with Crippen LogP contribution in [-0.4, -0.2) is 30.8 Å². The molecule has 158 valence electrons. The van der Waals surface area contributed by atoms with Gasteiger partial charge >= 0.3 is 0 Å². The molecule has 3 rings (SSSR count). The molecule has 0 fully saturated rings. The highest BCUT2D eigenvalue weighted by molar-refractivity contribution is 6.04. The van der Waals surface area contributed by atoms with Gasteiger partial charge in [-0.2, -0.15) is 0 Å². The summed E-state index contributed by atoms with van der Waals surface area (Å²) in [6.45, 7) is 0.405. The molecule has 0 aliphatic heterocycles. The maximum absolute atomic E-state index is 12.9. The Bertz CT molecular complexity index is 1070. The van der Waals surface area contributed by atoms with Crippen LogP contribution in [0, 0.1) is 11.6 Å². The second-order valence-corrected chi connectivity index (χ2v) is 6.56. The Kier molecular flexibility index (Phi) is 7.05. The molecule has 0 spiro atoms. The number of hydrogen-bond donors (Lipinski definition) is 3. The number of rotatable bonds is 7. The van der Waals surface area contributed by atoms with E-state index in [9.17, 15) is 23.2 Å². The Hall–Kier alpha value is -4.07. The van der Waals surface area contributed by atoms with Crippen molar-refractivity contribution < 1.29 is 23.2 Å². The van der Waals surface area contributed by atoms with Gasteiger partial charge in [0.2, 0.25) is 0 Å². The van der Waals surface area contributed by atoms with E-state index in [4.69, 9.17) is 0 Å². The van der Waals surface area contributed by atoms with E-state index in [2.05, 4.69) is 16.0 Å². The summed E-state index contributed by atoms with van der Waals surface area (Å²) in [5.74, 6) is -1.95. The molecular weight excluding hydrogens is 404 g/mol. The molecule has 0 aromatic heterocycles. The Balaban J connectivity index is 1.44. The third-order valence-corrected chi connectivity index (χ3v) is 4.31. The molecule has 31 heavy (non-hydrogen) atoms. The molecule has 0 bridgehead atoms. The summed E-state index contributed by atoms with van der Waals surface area (Å²) in [5.41, 5.74) is 1.50. The summed E-state index contributed by atoms with van der Waals surface area (Å²) in [6, 6.07) is 16.5. The van der Waals surface area contributed by atoms with Gasteiger partial charge in [0.25, 0.3) is 17.7 Å². The fraction of sp³-hybridized carbons (Fsp3) is 0.0870. The lowest BCUT2D eigenvalue weighted by atomic mass is 10.1. The highest BCUT2D eigenvalue weighted by Gasteiger charge is 2.09. The third kappa shape index (κ3) is 6.20. The Morgan fingerprint density at radius 3 is 1.32 bits per heavy atom. The van der Waals surface area contributed by atoms with Gasteiger partial charge in [-0.05, 0) is 72.8 Å². The summed E-state index contributed by atoms with van der Waals surface area (Å²) >= 11 is 0. The van der Waals surface area contributed by atoms with Crippen LogP contribution in [0.25, 0.3) is 0 Å². The van der Waals surface area contributed by atoms with Crippen molar-refractivity contribution in [1.29, 1.82) is 0 Å². The number of halogens is 2. The van der Waals surface area contributed by atoms with Gasteiger partial charge in [-0.1, -0.05) is 0 Å². The van der Waals surface area contributed by atoms with Crippen LogP contribution < -0.4 is 16.0 Å². The minimum atomic E-state index is -0.429. The molecule has 0 aliphatic carbocycles. The van der Waals surface area contributed by atoms with Crippen LogP contribution in [0.4, 0.5) is 14.5 Å². The van der Waals surface area contributed by atoms with E-state index in [0.717, 1.165) is 0 Å². The van der Waals surface area contributed by atoms with Crippen molar-refractivity contribution in [2.45, 2.75) is 0 Å². The Labute approximate surface area is 177 Å². The number of nitrogens with one attached hydrogen (secondary N) is 3. The lowest BCUT2D eigenvalue weighted by Crippen LogP contribution is -2.34. The van der Waals surface area contributed by atoms with Crippen molar-refractivity contribution in [2.75, 3.05) is 18.4 Å². The molecule has 3 N–H and O–H groups in total. The first-order chi connectivity index (χ1) is 14.9. The van der Waals surface area contributed by atoms with Crippen LogP contribution in [0.1, 0.15) is 31.1 Å². The molecule has 0 heterocycles. The van der Waals surface area contributed by atoms with Crippen molar-refractivity contribution in [3.8, 4) is 0 Å². The number of benzene rings is 3. The van der Waals surface area contributed by atoms with Gasteiger partial charge in [0.1, 0.15) is 11.6 Å². The first kappa shape index (κ1) is 21.6. The maximum atomic E-state index is 12.9. The minimum Gasteiger partial charge on any atom is -0.350 e. The van der Waals surface area contributed by atoms with Crippen molar-refractivity contribution in [3.63, 3.8) is 0 Å². The maximum Gasteiger partial charge on any atom is 0.255 e. The molecule has 0 atom stereocenters. The summed E-state index contributed by atoms with van der Waals surface area (Å²) in [4.78, 5) is 36.2. The number of hydrogen-bond acceptors (Lipinski definition) is 3. The molecule has 0 unspecified atom stereocenters. The second-order valence-electron chi connectivity index (χ2n) is 6.56. The molecule has 0 saturated heterocycles. The monoisotopic (exact) mass is 423 g/mol. The van der Waals surface area contributed by atoms with E-state index in [-0.39, 0.29) is 24.9 Å². The van der Waals surface area contributed by atoms with Crippen LogP contribution in [-0.2, 0) is 0 Å². The van der Waals surface area contributed by atoms with Gasteiger partial charge in [0.15, 0.2) is 0 Å². The molecule has 0 aliphatic rings. The first-order valence-electron chi connectivity index (χ1n) is 9.41. The summed E-state index contributed by atoms with van der Waals surface area (Å²) in [5, 5.41) is 7.96. The predicted molar refractivity (Wildman–Crippen MR) is 112 cm³/mol. The average molecular weight is 423 g/mol. The predicted octanol–water partition coefficient (Wildman–Crippen LogP) is 3.38. The Morgan fingerprint density at radius 2 is 0.903 bits per heavy atom. The fourth-order valence-corrected chi connectivity index (χ4v) is 2.67. The third-order valence-electron chi connectivity index (χ3n) is 4.31. The minimum absolute atomic E-state index is 0.202. The zero-order valence-electron chi connectivity index (χ0n) is 16.3. The molecule has 3 amide bonds. The number of amides is 3. The van der Waals surface area contributed by atoms with E-state index >= 15 is 0 Å². The van der Waals surface area contributed by atoms with Crippen LogP contribution in [0.5, 0.6) is 0 Å². The van der Waals surface area contributed by atoms with Gasteiger partial charge in [-0.3, -0.25) is 14.4 Å². The lowest BCUT2D eigenvalue weighted by Gasteiger charge is -2.09. The fourth-order valence-electron chi connectivity index (χ4n) is 2.67. The second kappa shape index (κ2) is 10.1. The van der Waals surface area contributed by atoms with Crippen LogP contribution in [0.3, 0.4) is 0 Å². The van der Waals surface area contributed by atoms with Crippen LogP contribution in [0.15, 0.2) is 72.8 Å². The molecule has 0 saturated carbocycles. The van der Waals surface area contributed by atoms with Gasteiger partial charge < -0.3 is 16.0 Å². The van der Waals surface area contributed by atoms with E-state index in [0.29, 0.717) is 22.4 Å². The molecule has 0 radical (unpaired) electrons. The quantitative estimate of drug-likeness (QED) is 0.509. The molecule has 8 heteroatoms. The molecule has 6 nitrogen and oxygen atoms in total. The average Bonchev–Trinajstić information content (AvgIpc) is 2.78. The Morgan fingerprint density at radius 1 is 0.548 bits per heavy atom. The van der Waals surface area contributed by atoms with E-state index in [1.807, 2.05) is 0 Å². The largest absolute Gasteiger partial charge is 0.350 e. The van der Waals surface area contributed by atoms with Crippen molar-refractivity contribution >= 4 is 23.4 Å². The highest BCUT2D eigenvalue weighted by atomic mass is 19.1. The molecule has 3 aromatic rings. The van der Waals surface area contributed by atoms with Crippen molar-refractivity contribution in [3.05, 3.63) is 101 Å². The van der Waals surface area contributed by atoms with Gasteiger partial charge in [-0.15, -0.1) is 0 Å². The number of carbonyl (C=O) groups is 3. The lowest BCUT2D eigenvalue weighted by molar-refractivity contribution is 0.0927. The van der Waals surface area contributed by atoms with Crippen LogP contribution in [0.2, 0.25) is 0 Å². The normalized spacial score (nSPS) is 10.3. The number of carbonyl (C=O) groups excluding carboxylic acids is 3. The number of anilines is 1. The van der Waals surface area contributed by atoms with Crippen molar-refractivity contribution in [2.24, 2.45) is 0 Å². The van der Waals surface area contributed by atoms with E-state index in [1.165, 1.54) is 48.5 Å². The SMILES string of the molecule is O=C(NCCNC(=O)c1ccc(NC(=O)c2ccc(F)cc2)cc1)c1ccc(F)cc1. The van der Waals surface area contributed by atoms with Gasteiger partial charge in [0.05, 0.1) is 0 Å². The van der Waals surface area contributed by atoms with Crippen molar-refractivity contribution in [1.82, 2.24) is 10.6 Å². The topological polar surface area (TPSA) is 87.3 Å². The van der Waals surface area contributed by atoms with E-state index in [1.54, 1.807) is 24.3 Å². The summed E-state index contributed by atoms with van der Waals surface area (Å²) in [7, 11) is 0. The standard InChI is InChI=1S/C23H19F2N3O3/c24-18-7-1-15(2-8-18)21(29)26-13-14-27-22(30)16-5-11-20(12-6-16)28-23(31)17-3-9-19(25)10-4-17/h1-12H,13-14H2,(H,26,29)(H,27,30)(H,28,31). The van der Waals surface area contributed by atoms with E-state index < -0.39 is 17.5 Å². The molecular formula is C23H19F2N3O3. The zero-order valence-corrected chi connectivity index (χ0v) is 16.3.